The van der Waals surface area contributed by atoms with Gasteiger partial charge in [0.05, 0.1) is 6.20 Å². The van der Waals surface area contributed by atoms with Gasteiger partial charge in [0.1, 0.15) is 0 Å². The van der Waals surface area contributed by atoms with Crippen molar-refractivity contribution in [3.63, 3.8) is 0 Å². The normalized spacial score (nSPS) is 25.3. The molecule has 1 aliphatic heterocycles. The lowest BCUT2D eigenvalue weighted by atomic mass is 9.81. The maximum atomic E-state index is 13.0. The van der Waals surface area contributed by atoms with Crippen LogP contribution in [0.2, 0.25) is 0 Å². The van der Waals surface area contributed by atoms with E-state index in [2.05, 4.69) is 29.1 Å². The number of hydrogen-bond donors (Lipinski definition) is 0. The van der Waals surface area contributed by atoms with E-state index in [0.717, 1.165) is 32.4 Å². The van der Waals surface area contributed by atoms with Crippen molar-refractivity contribution in [1.29, 1.82) is 0 Å². The van der Waals surface area contributed by atoms with E-state index >= 15 is 0 Å². The zero-order valence-corrected chi connectivity index (χ0v) is 14.6. The van der Waals surface area contributed by atoms with Gasteiger partial charge in [-0.15, -0.1) is 5.10 Å². The second-order valence-corrected chi connectivity index (χ2v) is 7.66. The molecule has 0 radical (unpaired) electrons. The molecule has 1 aromatic heterocycles. The molecule has 23 heavy (non-hydrogen) atoms. The smallest absolute Gasteiger partial charge is 0.276 e. The van der Waals surface area contributed by atoms with Crippen molar-refractivity contribution < 1.29 is 4.79 Å². The van der Waals surface area contributed by atoms with Crippen LogP contribution >= 0.6 is 0 Å². The van der Waals surface area contributed by atoms with E-state index < -0.39 is 0 Å². The summed E-state index contributed by atoms with van der Waals surface area (Å²) in [5, 5.41) is 8.31. The molecular formula is C18H30N4O. The first-order valence-electron chi connectivity index (χ1n) is 9.36. The predicted molar refractivity (Wildman–Crippen MR) is 90.1 cm³/mol. The summed E-state index contributed by atoms with van der Waals surface area (Å²) in [6.07, 6.45) is 11.6. The number of aromatic nitrogens is 3. The first-order chi connectivity index (χ1) is 11.1. The number of carbonyl (C=O) groups is 1. The Morgan fingerprint density at radius 3 is 2.74 bits per heavy atom. The van der Waals surface area contributed by atoms with Crippen LogP contribution in [0.25, 0.3) is 0 Å². The summed E-state index contributed by atoms with van der Waals surface area (Å²) in [6, 6.07) is 0.430. The molecule has 0 N–H and O–H groups in total. The van der Waals surface area contributed by atoms with E-state index in [4.69, 9.17) is 0 Å². The molecule has 0 unspecified atom stereocenters. The molecule has 1 aromatic rings. The minimum absolute atomic E-state index is 0.0968. The fraction of sp³-hybridized carbons (Fsp3) is 0.833. The van der Waals surface area contributed by atoms with Crippen molar-refractivity contribution >= 4 is 5.91 Å². The van der Waals surface area contributed by atoms with Crippen LogP contribution in [0.3, 0.4) is 0 Å². The van der Waals surface area contributed by atoms with Crippen molar-refractivity contribution in [2.45, 2.75) is 77.8 Å². The molecule has 0 spiro atoms. The fourth-order valence-corrected chi connectivity index (χ4v) is 4.09. The zero-order valence-electron chi connectivity index (χ0n) is 14.6. The average molecular weight is 318 g/mol. The molecule has 5 nitrogen and oxygen atoms in total. The Kier molecular flexibility index (Phi) is 5.34. The average Bonchev–Trinajstić information content (AvgIpc) is 2.92. The van der Waals surface area contributed by atoms with Crippen LogP contribution in [0.4, 0.5) is 0 Å². The van der Waals surface area contributed by atoms with Gasteiger partial charge in [0.15, 0.2) is 5.69 Å². The minimum atomic E-state index is 0.0968. The molecule has 3 rings (SSSR count). The molecule has 2 fully saturated rings. The topological polar surface area (TPSA) is 51.0 Å². The Bertz CT molecular complexity index is 525. The molecule has 128 valence electrons. The summed E-state index contributed by atoms with van der Waals surface area (Å²) in [7, 11) is 0. The highest BCUT2D eigenvalue weighted by Crippen LogP contribution is 2.35. The van der Waals surface area contributed by atoms with E-state index in [1.165, 1.54) is 32.1 Å². The van der Waals surface area contributed by atoms with Crippen molar-refractivity contribution in [1.82, 2.24) is 19.9 Å². The molecule has 1 amide bonds. The SMILES string of the molecule is CC(C)CCn1cc(C(=O)N2CCCC[C@H]3CCCC[C@@H]32)nn1. The summed E-state index contributed by atoms with van der Waals surface area (Å²) in [5.41, 5.74) is 0.528. The molecule has 1 aliphatic carbocycles. The molecule has 2 heterocycles. The Morgan fingerprint density at radius 2 is 1.96 bits per heavy atom. The number of fused-ring (bicyclic) bond motifs is 1. The molecule has 1 saturated carbocycles. The summed E-state index contributed by atoms with van der Waals surface area (Å²) in [5.74, 6) is 1.43. The van der Waals surface area contributed by atoms with Crippen LogP contribution in [0, 0.1) is 11.8 Å². The van der Waals surface area contributed by atoms with Gasteiger partial charge >= 0.3 is 0 Å². The first-order valence-corrected chi connectivity index (χ1v) is 9.36. The highest BCUT2D eigenvalue weighted by atomic mass is 16.2. The standard InChI is InChI=1S/C18H30N4O/c1-14(2)10-12-21-13-16(19-20-21)18(23)22-11-6-5-8-15-7-3-4-9-17(15)22/h13-15,17H,3-12H2,1-2H3/t15-,17+/m1/s1. The predicted octanol–water partition coefficient (Wildman–Crippen LogP) is 3.51. The monoisotopic (exact) mass is 318 g/mol. The molecule has 0 bridgehead atoms. The lowest BCUT2D eigenvalue weighted by Gasteiger charge is -2.37. The second-order valence-electron chi connectivity index (χ2n) is 7.66. The number of aryl methyl sites for hydroxylation is 1. The number of amides is 1. The Hall–Kier alpha value is -1.39. The third-order valence-corrected chi connectivity index (χ3v) is 5.45. The van der Waals surface area contributed by atoms with E-state index in [9.17, 15) is 4.79 Å². The molecule has 2 aliphatic rings. The Labute approximate surface area is 139 Å². The maximum absolute atomic E-state index is 13.0. The van der Waals surface area contributed by atoms with Gasteiger partial charge in [0, 0.05) is 19.1 Å². The number of rotatable bonds is 4. The van der Waals surface area contributed by atoms with E-state index in [1.54, 1.807) is 0 Å². The number of nitrogens with zero attached hydrogens (tertiary/aromatic N) is 4. The fourth-order valence-electron chi connectivity index (χ4n) is 4.09. The van der Waals surface area contributed by atoms with Gasteiger partial charge in [-0.3, -0.25) is 9.48 Å². The quantitative estimate of drug-likeness (QED) is 0.853. The van der Waals surface area contributed by atoms with Crippen LogP contribution in [0.5, 0.6) is 0 Å². The van der Waals surface area contributed by atoms with Crippen LogP contribution in [-0.2, 0) is 6.54 Å². The van der Waals surface area contributed by atoms with Crippen molar-refractivity contribution in [2.24, 2.45) is 11.8 Å². The highest BCUT2D eigenvalue weighted by molar-refractivity contribution is 5.92. The maximum Gasteiger partial charge on any atom is 0.276 e. The third-order valence-electron chi connectivity index (χ3n) is 5.45. The third kappa shape index (κ3) is 3.93. The van der Waals surface area contributed by atoms with Crippen LogP contribution in [-0.4, -0.2) is 38.4 Å². The zero-order chi connectivity index (χ0) is 16.2. The summed E-state index contributed by atoms with van der Waals surface area (Å²) in [6.45, 7) is 6.12. The second kappa shape index (κ2) is 7.45. The number of likely N-dealkylation sites (tertiary alicyclic amines) is 1. The van der Waals surface area contributed by atoms with E-state index in [1.807, 2.05) is 10.9 Å². The van der Waals surface area contributed by atoms with Gasteiger partial charge in [0.2, 0.25) is 0 Å². The Morgan fingerprint density at radius 1 is 1.22 bits per heavy atom. The summed E-state index contributed by atoms with van der Waals surface area (Å²) in [4.78, 5) is 15.1. The van der Waals surface area contributed by atoms with Gasteiger partial charge in [-0.05, 0) is 43.9 Å². The van der Waals surface area contributed by atoms with Crippen LogP contribution in [0.15, 0.2) is 6.20 Å². The van der Waals surface area contributed by atoms with E-state index in [-0.39, 0.29) is 5.91 Å². The van der Waals surface area contributed by atoms with Gasteiger partial charge in [-0.1, -0.05) is 38.3 Å². The van der Waals surface area contributed by atoms with Crippen molar-refractivity contribution in [3.05, 3.63) is 11.9 Å². The summed E-state index contributed by atoms with van der Waals surface area (Å²) < 4.78 is 1.82. The van der Waals surface area contributed by atoms with Crippen LogP contribution in [0.1, 0.15) is 75.7 Å². The largest absolute Gasteiger partial charge is 0.334 e. The lowest BCUT2D eigenvalue weighted by Crippen LogP contribution is -2.45. The highest BCUT2D eigenvalue weighted by Gasteiger charge is 2.35. The van der Waals surface area contributed by atoms with E-state index in [0.29, 0.717) is 23.6 Å². The number of carbonyl (C=O) groups excluding carboxylic acids is 1. The molecule has 1 saturated heterocycles. The van der Waals surface area contributed by atoms with Gasteiger partial charge < -0.3 is 4.90 Å². The Balaban J connectivity index is 1.70. The lowest BCUT2D eigenvalue weighted by molar-refractivity contribution is 0.0563. The summed E-state index contributed by atoms with van der Waals surface area (Å²) >= 11 is 0. The number of hydrogen-bond acceptors (Lipinski definition) is 3. The van der Waals surface area contributed by atoms with Crippen molar-refractivity contribution in [3.8, 4) is 0 Å². The van der Waals surface area contributed by atoms with Gasteiger partial charge in [-0.25, -0.2) is 0 Å². The minimum Gasteiger partial charge on any atom is -0.334 e. The van der Waals surface area contributed by atoms with Gasteiger partial charge in [-0.2, -0.15) is 0 Å². The molecule has 0 aromatic carbocycles. The molecule has 2 atom stereocenters. The first kappa shape index (κ1) is 16.5. The molecular weight excluding hydrogens is 288 g/mol. The van der Waals surface area contributed by atoms with Crippen molar-refractivity contribution in [2.75, 3.05) is 6.54 Å². The van der Waals surface area contributed by atoms with Crippen LogP contribution < -0.4 is 0 Å². The van der Waals surface area contributed by atoms with Gasteiger partial charge in [0.25, 0.3) is 5.91 Å². The molecule has 5 heteroatoms.